The van der Waals surface area contributed by atoms with E-state index < -0.39 is 30.5 Å². The first-order chi connectivity index (χ1) is 12.8. The van der Waals surface area contributed by atoms with E-state index in [0.29, 0.717) is 17.7 Å². The van der Waals surface area contributed by atoms with Crippen molar-refractivity contribution < 1.29 is 29.3 Å². The van der Waals surface area contributed by atoms with Gasteiger partial charge in [-0.05, 0) is 18.1 Å². The first kappa shape index (κ1) is 20.9. The molecule has 0 radical (unpaired) electrons. The van der Waals surface area contributed by atoms with Gasteiger partial charge in [0.25, 0.3) is 5.91 Å². The molecule has 1 aromatic carbocycles. The second kappa shape index (κ2) is 9.01. The van der Waals surface area contributed by atoms with Crippen LogP contribution in [0.5, 0.6) is 5.75 Å². The number of nitrogens with zero attached hydrogens (tertiary/aromatic N) is 1. The Morgan fingerprint density at radius 3 is 2.59 bits per heavy atom. The number of carbonyl (C=O) groups excluding carboxylic acids is 1. The van der Waals surface area contributed by atoms with Crippen LogP contribution < -0.4 is 4.74 Å². The van der Waals surface area contributed by atoms with Gasteiger partial charge in [0.05, 0.1) is 4.91 Å². The molecule has 1 aliphatic heterocycles. The summed E-state index contributed by atoms with van der Waals surface area (Å²) in [7, 11) is 0. The summed E-state index contributed by atoms with van der Waals surface area (Å²) < 4.78 is 5.42. The van der Waals surface area contributed by atoms with E-state index in [-0.39, 0.29) is 15.1 Å². The number of thiocarbonyl (C=S) groups is 1. The number of carbonyl (C=O) groups is 3. The lowest BCUT2D eigenvalue weighted by molar-refractivity contribution is -0.147. The standard InChI is InChI=1S/C18H19NO6S2/c1-3-10(2)15(17(23)24)19-16(22)13(27-18(19)26)8-11-6-4-5-7-12(11)25-9-14(20)21/h4-8,10,15H,3,9H2,1-2H3,(H,20,21)(H,23,24)/b13-8-. The van der Waals surface area contributed by atoms with E-state index >= 15 is 0 Å². The number of hydrogen-bond donors (Lipinski definition) is 2. The Labute approximate surface area is 166 Å². The maximum absolute atomic E-state index is 12.8. The first-order valence-corrected chi connectivity index (χ1v) is 9.42. The third-order valence-electron chi connectivity index (χ3n) is 4.09. The third-order valence-corrected chi connectivity index (χ3v) is 5.42. The average molecular weight is 409 g/mol. The van der Waals surface area contributed by atoms with E-state index in [9.17, 15) is 19.5 Å². The van der Waals surface area contributed by atoms with Gasteiger partial charge >= 0.3 is 11.9 Å². The van der Waals surface area contributed by atoms with Crippen molar-refractivity contribution in [2.45, 2.75) is 26.3 Å². The van der Waals surface area contributed by atoms with Crippen molar-refractivity contribution in [2.24, 2.45) is 5.92 Å². The highest BCUT2D eigenvalue weighted by molar-refractivity contribution is 8.26. The molecule has 27 heavy (non-hydrogen) atoms. The monoisotopic (exact) mass is 409 g/mol. The Balaban J connectivity index is 2.34. The Kier molecular flexibility index (Phi) is 6.98. The van der Waals surface area contributed by atoms with Crippen molar-refractivity contribution in [3.8, 4) is 5.75 Å². The number of thioether (sulfide) groups is 1. The molecule has 1 aromatic rings. The lowest BCUT2D eigenvalue weighted by Gasteiger charge is -2.27. The maximum atomic E-state index is 12.8. The van der Waals surface area contributed by atoms with Crippen LogP contribution in [0.15, 0.2) is 29.2 Å². The predicted molar refractivity (Wildman–Crippen MR) is 105 cm³/mol. The number of amides is 1. The number of aliphatic carboxylic acids is 2. The fourth-order valence-electron chi connectivity index (χ4n) is 2.56. The summed E-state index contributed by atoms with van der Waals surface area (Å²) in [6, 6.07) is 5.64. The molecule has 0 aliphatic carbocycles. The predicted octanol–water partition coefficient (Wildman–Crippen LogP) is 2.85. The maximum Gasteiger partial charge on any atom is 0.341 e. The second-order valence-corrected chi connectivity index (χ2v) is 7.62. The lowest BCUT2D eigenvalue weighted by Crippen LogP contribution is -2.47. The Morgan fingerprint density at radius 1 is 1.33 bits per heavy atom. The lowest BCUT2D eigenvalue weighted by atomic mass is 9.98. The van der Waals surface area contributed by atoms with Gasteiger partial charge in [-0.15, -0.1) is 0 Å². The largest absolute Gasteiger partial charge is 0.481 e. The molecule has 2 N–H and O–H groups in total. The van der Waals surface area contributed by atoms with Crippen molar-refractivity contribution in [1.82, 2.24) is 4.90 Å². The normalized spacial score (nSPS) is 17.9. The van der Waals surface area contributed by atoms with Crippen LogP contribution in [0.3, 0.4) is 0 Å². The molecule has 1 aliphatic rings. The van der Waals surface area contributed by atoms with Crippen LogP contribution in [0.1, 0.15) is 25.8 Å². The van der Waals surface area contributed by atoms with E-state index in [4.69, 9.17) is 22.1 Å². The molecule has 2 unspecified atom stereocenters. The van der Waals surface area contributed by atoms with Crippen LogP contribution in [0, 0.1) is 5.92 Å². The molecule has 0 spiro atoms. The molecule has 0 aromatic heterocycles. The van der Waals surface area contributed by atoms with Crippen LogP contribution in [0.2, 0.25) is 0 Å². The zero-order chi connectivity index (χ0) is 20.1. The SMILES string of the molecule is CCC(C)C(C(=O)O)N1C(=O)/C(=C/c2ccccc2OCC(=O)O)SC1=S. The molecule has 9 heteroatoms. The number of benzene rings is 1. The summed E-state index contributed by atoms with van der Waals surface area (Å²) in [5, 5.41) is 18.3. The fourth-order valence-corrected chi connectivity index (χ4v) is 3.88. The second-order valence-electron chi connectivity index (χ2n) is 5.94. The van der Waals surface area contributed by atoms with E-state index in [2.05, 4.69) is 0 Å². The van der Waals surface area contributed by atoms with Crippen LogP contribution >= 0.6 is 24.0 Å². The Hall–Kier alpha value is -2.39. The molecule has 144 valence electrons. The number of carboxylic acid groups (broad SMARTS) is 2. The van der Waals surface area contributed by atoms with Gasteiger partial charge in [0, 0.05) is 5.56 Å². The molecule has 2 rings (SSSR count). The first-order valence-electron chi connectivity index (χ1n) is 8.19. The molecule has 7 nitrogen and oxygen atoms in total. The quantitative estimate of drug-likeness (QED) is 0.499. The zero-order valence-electron chi connectivity index (χ0n) is 14.7. The minimum absolute atomic E-state index is 0.183. The minimum Gasteiger partial charge on any atom is -0.481 e. The Bertz CT molecular complexity index is 807. The molecule has 2 atom stereocenters. The molecule has 0 saturated carbocycles. The molecule has 1 heterocycles. The molecule has 1 amide bonds. The summed E-state index contributed by atoms with van der Waals surface area (Å²) in [5.74, 6) is -2.66. The van der Waals surface area contributed by atoms with Crippen molar-refractivity contribution in [1.29, 1.82) is 0 Å². The summed E-state index contributed by atoms with van der Waals surface area (Å²) in [5.41, 5.74) is 0.509. The number of hydrogen-bond acceptors (Lipinski definition) is 6. The van der Waals surface area contributed by atoms with Crippen LogP contribution in [-0.2, 0) is 14.4 Å². The van der Waals surface area contributed by atoms with Gasteiger partial charge in [0.1, 0.15) is 16.1 Å². The molecule has 1 fully saturated rings. The van der Waals surface area contributed by atoms with Crippen molar-refractivity contribution in [3.05, 3.63) is 34.7 Å². The topological polar surface area (TPSA) is 104 Å². The van der Waals surface area contributed by atoms with Gasteiger partial charge in [0.2, 0.25) is 0 Å². The summed E-state index contributed by atoms with van der Waals surface area (Å²) in [6.07, 6.45) is 2.12. The van der Waals surface area contributed by atoms with Crippen LogP contribution in [0.25, 0.3) is 6.08 Å². The van der Waals surface area contributed by atoms with Gasteiger partial charge in [-0.3, -0.25) is 9.69 Å². The van der Waals surface area contributed by atoms with E-state index in [0.717, 1.165) is 16.7 Å². The minimum atomic E-state index is -1.12. The highest BCUT2D eigenvalue weighted by Crippen LogP contribution is 2.37. The van der Waals surface area contributed by atoms with Crippen LogP contribution in [0.4, 0.5) is 0 Å². The fraction of sp³-hybridized carbons (Fsp3) is 0.333. The molecule has 1 saturated heterocycles. The number of rotatable bonds is 8. The van der Waals surface area contributed by atoms with Gasteiger partial charge in [-0.2, -0.15) is 0 Å². The molecular weight excluding hydrogens is 390 g/mol. The third kappa shape index (κ3) is 4.86. The van der Waals surface area contributed by atoms with Gasteiger partial charge in [-0.25, -0.2) is 9.59 Å². The summed E-state index contributed by atoms with van der Waals surface area (Å²) in [6.45, 7) is 3.10. The van der Waals surface area contributed by atoms with Crippen LogP contribution in [-0.4, -0.2) is 49.9 Å². The van der Waals surface area contributed by atoms with Crippen molar-refractivity contribution >= 4 is 52.2 Å². The number of carboxylic acids is 2. The highest BCUT2D eigenvalue weighted by atomic mass is 32.2. The van der Waals surface area contributed by atoms with E-state index in [1.807, 2.05) is 6.92 Å². The number of ether oxygens (including phenoxy) is 1. The van der Waals surface area contributed by atoms with Gasteiger partial charge in [-0.1, -0.05) is 62.4 Å². The smallest absolute Gasteiger partial charge is 0.341 e. The highest BCUT2D eigenvalue weighted by Gasteiger charge is 2.42. The molecule has 0 bridgehead atoms. The average Bonchev–Trinajstić information content (AvgIpc) is 2.88. The summed E-state index contributed by atoms with van der Waals surface area (Å²) in [4.78, 5) is 36.6. The van der Waals surface area contributed by atoms with E-state index in [1.54, 1.807) is 31.2 Å². The van der Waals surface area contributed by atoms with Crippen molar-refractivity contribution in [3.63, 3.8) is 0 Å². The van der Waals surface area contributed by atoms with Gasteiger partial charge in [0.15, 0.2) is 6.61 Å². The van der Waals surface area contributed by atoms with E-state index in [1.165, 1.54) is 6.08 Å². The van der Waals surface area contributed by atoms with Gasteiger partial charge < -0.3 is 14.9 Å². The number of para-hydroxylation sites is 1. The Morgan fingerprint density at radius 2 is 2.00 bits per heavy atom. The zero-order valence-corrected chi connectivity index (χ0v) is 16.4. The van der Waals surface area contributed by atoms with Crippen molar-refractivity contribution in [2.75, 3.05) is 6.61 Å². The molecular formula is C18H19NO6S2. The summed E-state index contributed by atoms with van der Waals surface area (Å²) >= 11 is 6.26.